The Morgan fingerprint density at radius 3 is 2.47 bits per heavy atom. The zero-order valence-electron chi connectivity index (χ0n) is 21.6. The quantitative estimate of drug-likeness (QED) is 0.409. The SMILES string of the molecule is COc1cc(C)c(SN(C)Cc2cc(C(=O)N(C)Cc3ccc(C4=NCCCN4)cc3)co2)c(C)c1. The van der Waals surface area contributed by atoms with Crippen molar-refractivity contribution in [2.45, 2.75) is 38.3 Å². The molecule has 0 saturated heterocycles. The summed E-state index contributed by atoms with van der Waals surface area (Å²) in [5.74, 6) is 2.49. The molecule has 1 aliphatic rings. The number of aryl methyl sites for hydroxylation is 2. The summed E-state index contributed by atoms with van der Waals surface area (Å²) < 4.78 is 13.2. The van der Waals surface area contributed by atoms with Crippen molar-refractivity contribution in [1.82, 2.24) is 14.5 Å². The third kappa shape index (κ3) is 6.30. The van der Waals surface area contributed by atoms with E-state index in [4.69, 9.17) is 9.15 Å². The van der Waals surface area contributed by atoms with Crippen molar-refractivity contribution < 1.29 is 13.9 Å². The second-order valence-corrected chi connectivity index (χ2v) is 10.4. The Labute approximate surface area is 217 Å². The summed E-state index contributed by atoms with van der Waals surface area (Å²) in [4.78, 5) is 20.5. The molecule has 0 atom stereocenters. The fourth-order valence-electron chi connectivity index (χ4n) is 4.22. The third-order valence-electron chi connectivity index (χ3n) is 6.09. The molecule has 1 aromatic heterocycles. The lowest BCUT2D eigenvalue weighted by Crippen LogP contribution is -2.30. The van der Waals surface area contributed by atoms with E-state index < -0.39 is 0 Å². The van der Waals surface area contributed by atoms with Crippen LogP contribution >= 0.6 is 11.9 Å². The number of rotatable bonds is 9. The molecule has 0 aliphatic carbocycles. The Bertz CT molecular complexity index is 1210. The molecule has 0 bridgehead atoms. The first-order valence-corrected chi connectivity index (χ1v) is 12.9. The van der Waals surface area contributed by atoms with Crippen molar-refractivity contribution in [3.63, 3.8) is 0 Å². The van der Waals surface area contributed by atoms with Gasteiger partial charge in [0.1, 0.15) is 23.6 Å². The molecule has 1 N–H and O–H groups in total. The number of furan rings is 1. The van der Waals surface area contributed by atoms with Crippen LogP contribution < -0.4 is 10.1 Å². The first-order valence-electron chi connectivity index (χ1n) is 12.1. The molecule has 7 nitrogen and oxygen atoms in total. The van der Waals surface area contributed by atoms with Gasteiger partial charge >= 0.3 is 0 Å². The van der Waals surface area contributed by atoms with E-state index in [2.05, 4.69) is 40.6 Å². The van der Waals surface area contributed by atoms with Gasteiger partial charge in [0.05, 0.1) is 19.2 Å². The normalized spacial score (nSPS) is 13.3. The highest BCUT2D eigenvalue weighted by Crippen LogP contribution is 2.32. The van der Waals surface area contributed by atoms with Gasteiger partial charge in [0.2, 0.25) is 0 Å². The van der Waals surface area contributed by atoms with Crippen LogP contribution in [0, 0.1) is 13.8 Å². The van der Waals surface area contributed by atoms with E-state index in [0.29, 0.717) is 18.7 Å². The first-order chi connectivity index (χ1) is 17.3. The second kappa shape index (κ2) is 11.7. The topological polar surface area (TPSA) is 70.3 Å². The van der Waals surface area contributed by atoms with Crippen molar-refractivity contribution in [2.75, 3.05) is 34.3 Å². The highest BCUT2D eigenvalue weighted by atomic mass is 32.2. The van der Waals surface area contributed by atoms with E-state index in [1.54, 1.807) is 30.2 Å². The van der Waals surface area contributed by atoms with Gasteiger partial charge in [-0.1, -0.05) is 24.3 Å². The molecule has 3 aromatic rings. The number of carbonyl (C=O) groups is 1. The van der Waals surface area contributed by atoms with Gasteiger partial charge in [0, 0.05) is 37.1 Å². The van der Waals surface area contributed by atoms with Crippen LogP contribution in [0.15, 0.2) is 63.0 Å². The van der Waals surface area contributed by atoms with Crippen LogP contribution in [0.25, 0.3) is 0 Å². The first kappa shape index (κ1) is 25.9. The minimum absolute atomic E-state index is 0.0652. The highest BCUT2D eigenvalue weighted by Gasteiger charge is 2.17. The maximum absolute atomic E-state index is 13.0. The van der Waals surface area contributed by atoms with Crippen LogP contribution in [0.3, 0.4) is 0 Å². The van der Waals surface area contributed by atoms with Crippen LogP contribution in [-0.4, -0.2) is 55.2 Å². The highest BCUT2D eigenvalue weighted by molar-refractivity contribution is 7.97. The predicted molar refractivity (Wildman–Crippen MR) is 145 cm³/mol. The largest absolute Gasteiger partial charge is 0.497 e. The molecule has 190 valence electrons. The van der Waals surface area contributed by atoms with E-state index >= 15 is 0 Å². The van der Waals surface area contributed by atoms with Crippen LogP contribution in [0.5, 0.6) is 5.75 Å². The monoisotopic (exact) mass is 506 g/mol. The lowest BCUT2D eigenvalue weighted by Gasteiger charge is -2.18. The molecule has 2 aromatic carbocycles. The Kier molecular flexibility index (Phi) is 8.38. The Balaban J connectivity index is 1.33. The van der Waals surface area contributed by atoms with Crippen molar-refractivity contribution in [2.24, 2.45) is 4.99 Å². The molecular formula is C28H34N4O3S. The number of nitrogens with zero attached hydrogens (tertiary/aromatic N) is 3. The minimum atomic E-state index is -0.0652. The molecule has 0 radical (unpaired) electrons. The summed E-state index contributed by atoms with van der Waals surface area (Å²) in [5.41, 5.74) is 5.03. The van der Waals surface area contributed by atoms with Gasteiger partial charge in [-0.2, -0.15) is 0 Å². The number of aliphatic imine (C=N–C) groups is 1. The number of nitrogens with one attached hydrogen (secondary N) is 1. The fraction of sp³-hybridized carbons (Fsp3) is 0.357. The number of benzene rings is 2. The van der Waals surface area contributed by atoms with Gasteiger partial charge in [-0.3, -0.25) is 9.79 Å². The number of hydrogen-bond acceptors (Lipinski definition) is 7. The van der Waals surface area contributed by atoms with Gasteiger partial charge in [-0.25, -0.2) is 4.31 Å². The molecule has 0 spiro atoms. The number of hydrogen-bond donors (Lipinski definition) is 1. The maximum Gasteiger partial charge on any atom is 0.257 e. The Morgan fingerprint density at radius 1 is 1.11 bits per heavy atom. The van der Waals surface area contributed by atoms with E-state index in [-0.39, 0.29) is 5.91 Å². The predicted octanol–water partition coefficient (Wildman–Crippen LogP) is 5.06. The standard InChI is InChI=1S/C28H34N4O3S/c1-19-13-24(34-5)14-20(2)26(19)36-32(4)17-25-15-23(18-35-25)28(33)31(3)16-21-7-9-22(10-8-21)27-29-11-6-12-30-27/h7-10,13-15,18H,6,11-12,16-17H2,1-5H3,(H,29,30). The average Bonchev–Trinajstić information content (AvgIpc) is 3.34. The van der Waals surface area contributed by atoms with Gasteiger partial charge in [0.25, 0.3) is 5.91 Å². The summed E-state index contributed by atoms with van der Waals surface area (Å²) in [6.45, 7) is 7.08. The van der Waals surface area contributed by atoms with Gasteiger partial charge < -0.3 is 19.4 Å². The zero-order valence-corrected chi connectivity index (χ0v) is 22.4. The summed E-state index contributed by atoms with van der Waals surface area (Å²) in [5, 5.41) is 3.34. The van der Waals surface area contributed by atoms with E-state index in [9.17, 15) is 4.79 Å². The van der Waals surface area contributed by atoms with Crippen LogP contribution in [0.2, 0.25) is 0 Å². The number of methoxy groups -OCH3 is 1. The lowest BCUT2D eigenvalue weighted by molar-refractivity contribution is 0.0784. The van der Waals surface area contributed by atoms with E-state index in [0.717, 1.165) is 59.1 Å². The maximum atomic E-state index is 13.0. The fourth-order valence-corrected chi connectivity index (χ4v) is 5.12. The molecule has 0 unspecified atom stereocenters. The number of carbonyl (C=O) groups excluding carboxylic acids is 1. The van der Waals surface area contributed by atoms with Crippen LogP contribution in [0.1, 0.15) is 44.8 Å². The van der Waals surface area contributed by atoms with Crippen molar-refractivity contribution in [3.05, 3.63) is 82.3 Å². The zero-order chi connectivity index (χ0) is 25.7. The van der Waals surface area contributed by atoms with Crippen molar-refractivity contribution in [3.8, 4) is 5.75 Å². The minimum Gasteiger partial charge on any atom is -0.497 e. The summed E-state index contributed by atoms with van der Waals surface area (Å²) >= 11 is 1.66. The number of amides is 1. The summed E-state index contributed by atoms with van der Waals surface area (Å²) in [6.07, 6.45) is 2.62. The van der Waals surface area contributed by atoms with Crippen molar-refractivity contribution >= 4 is 23.7 Å². The second-order valence-electron chi connectivity index (χ2n) is 9.14. The molecule has 0 saturated carbocycles. The molecular weight excluding hydrogens is 472 g/mol. The van der Waals surface area contributed by atoms with Crippen LogP contribution in [0.4, 0.5) is 0 Å². The summed E-state index contributed by atoms with van der Waals surface area (Å²) in [6, 6.07) is 14.1. The molecule has 1 amide bonds. The van der Waals surface area contributed by atoms with Gasteiger partial charge in [-0.15, -0.1) is 0 Å². The van der Waals surface area contributed by atoms with Gasteiger partial charge in [0.15, 0.2) is 0 Å². The average molecular weight is 507 g/mol. The molecule has 4 rings (SSSR count). The lowest BCUT2D eigenvalue weighted by atomic mass is 10.1. The smallest absolute Gasteiger partial charge is 0.257 e. The molecule has 0 fully saturated rings. The molecule has 2 heterocycles. The number of ether oxygens (including phenoxy) is 1. The molecule has 36 heavy (non-hydrogen) atoms. The molecule has 8 heteroatoms. The Hall–Kier alpha value is -3.23. The van der Waals surface area contributed by atoms with Gasteiger partial charge in [-0.05, 0) is 74.2 Å². The summed E-state index contributed by atoms with van der Waals surface area (Å²) in [7, 11) is 5.51. The number of amidine groups is 1. The third-order valence-corrected chi connectivity index (χ3v) is 7.35. The van der Waals surface area contributed by atoms with E-state index in [1.807, 2.05) is 44.4 Å². The van der Waals surface area contributed by atoms with Crippen LogP contribution in [-0.2, 0) is 13.1 Å². The van der Waals surface area contributed by atoms with E-state index in [1.165, 1.54) is 4.90 Å². The molecule has 1 aliphatic heterocycles. The Morgan fingerprint density at radius 2 is 1.83 bits per heavy atom. The van der Waals surface area contributed by atoms with Crippen molar-refractivity contribution in [1.29, 1.82) is 0 Å².